The number of halogens is 2. The number of benzene rings is 1. The number of nitrogens with zero attached hydrogens (tertiary/aromatic N) is 1. The molecule has 1 fully saturated rings. The van der Waals surface area contributed by atoms with E-state index in [4.69, 9.17) is 5.73 Å². The van der Waals surface area contributed by atoms with Gasteiger partial charge in [-0.1, -0.05) is 15.9 Å². The Morgan fingerprint density at radius 1 is 1.50 bits per heavy atom. The first-order valence-corrected chi connectivity index (χ1v) is 6.72. The highest BCUT2D eigenvalue weighted by Crippen LogP contribution is 2.36. The summed E-state index contributed by atoms with van der Waals surface area (Å²) in [6, 6.07) is 4.01. The van der Waals surface area contributed by atoms with E-state index in [1.165, 1.54) is 6.07 Å². The molecule has 2 N–H and O–H groups in total. The molecular weight excluding hydrogens is 299 g/mol. The van der Waals surface area contributed by atoms with E-state index in [1.54, 1.807) is 17.0 Å². The molecule has 0 saturated carbocycles. The Morgan fingerprint density at radius 2 is 2.17 bits per heavy atom. The molecule has 0 spiro atoms. The lowest BCUT2D eigenvalue weighted by atomic mass is 9.99. The zero-order valence-electron chi connectivity index (χ0n) is 10.4. The number of nitrogens with two attached hydrogens (primary N) is 1. The summed E-state index contributed by atoms with van der Waals surface area (Å²) < 4.78 is 14.7. The van der Waals surface area contributed by atoms with Crippen LogP contribution in [0.25, 0.3) is 0 Å². The Balaban J connectivity index is 2.46. The van der Waals surface area contributed by atoms with Crippen LogP contribution >= 0.6 is 15.9 Å². The number of likely N-dealkylation sites (tertiary alicyclic amines) is 1. The zero-order valence-corrected chi connectivity index (χ0v) is 11.9. The van der Waals surface area contributed by atoms with Gasteiger partial charge in [0.1, 0.15) is 5.82 Å². The molecule has 0 aliphatic carbocycles. The van der Waals surface area contributed by atoms with Crippen molar-refractivity contribution in [1.82, 2.24) is 4.90 Å². The molecule has 5 heteroatoms. The zero-order chi connectivity index (χ0) is 13.4. The first kappa shape index (κ1) is 13.5. The first-order valence-electron chi connectivity index (χ1n) is 5.93. The quantitative estimate of drug-likeness (QED) is 0.912. The third kappa shape index (κ3) is 2.29. The van der Waals surface area contributed by atoms with Gasteiger partial charge in [-0.2, -0.15) is 0 Å². The smallest absolute Gasteiger partial charge is 0.225 e. The van der Waals surface area contributed by atoms with E-state index in [-0.39, 0.29) is 36.3 Å². The Morgan fingerprint density at radius 3 is 2.78 bits per heavy atom. The minimum Gasteiger partial charge on any atom is -0.331 e. The maximum absolute atomic E-state index is 13.9. The van der Waals surface area contributed by atoms with Gasteiger partial charge in [-0.25, -0.2) is 4.39 Å². The Hall–Kier alpha value is -0.940. The SMILES string of the molecule is CC(C)N1C(=O)CC(N)C1c1cc(Br)ccc1F. The van der Waals surface area contributed by atoms with E-state index in [0.717, 1.165) is 4.47 Å². The molecule has 98 valence electrons. The van der Waals surface area contributed by atoms with Crippen LogP contribution in [0.4, 0.5) is 4.39 Å². The third-order valence-electron chi connectivity index (χ3n) is 3.24. The van der Waals surface area contributed by atoms with Crippen molar-refractivity contribution in [2.45, 2.75) is 38.4 Å². The predicted octanol–water partition coefficient (Wildman–Crippen LogP) is 2.60. The fraction of sp³-hybridized carbons (Fsp3) is 0.462. The van der Waals surface area contributed by atoms with E-state index in [2.05, 4.69) is 15.9 Å². The van der Waals surface area contributed by atoms with E-state index < -0.39 is 0 Å². The fourth-order valence-electron chi connectivity index (χ4n) is 2.51. The molecular formula is C13H16BrFN2O. The molecule has 1 aliphatic rings. The fourth-order valence-corrected chi connectivity index (χ4v) is 2.89. The lowest BCUT2D eigenvalue weighted by Gasteiger charge is -2.31. The molecule has 1 amide bonds. The second-order valence-corrected chi connectivity index (χ2v) is 5.79. The lowest BCUT2D eigenvalue weighted by Crippen LogP contribution is -2.38. The van der Waals surface area contributed by atoms with Gasteiger partial charge in [0.05, 0.1) is 6.04 Å². The van der Waals surface area contributed by atoms with Crippen LogP contribution in [0.3, 0.4) is 0 Å². The third-order valence-corrected chi connectivity index (χ3v) is 3.73. The second kappa shape index (κ2) is 4.97. The Bertz CT molecular complexity index is 478. The van der Waals surface area contributed by atoms with Crippen molar-refractivity contribution in [2.75, 3.05) is 0 Å². The molecule has 1 saturated heterocycles. The second-order valence-electron chi connectivity index (χ2n) is 4.87. The highest BCUT2D eigenvalue weighted by molar-refractivity contribution is 9.10. The van der Waals surface area contributed by atoms with E-state index in [0.29, 0.717) is 5.56 Å². The molecule has 2 unspecified atom stereocenters. The van der Waals surface area contributed by atoms with Gasteiger partial charge < -0.3 is 10.6 Å². The number of carbonyl (C=O) groups is 1. The highest BCUT2D eigenvalue weighted by atomic mass is 79.9. The number of hydrogen-bond acceptors (Lipinski definition) is 2. The maximum atomic E-state index is 13.9. The molecule has 0 aromatic heterocycles. The summed E-state index contributed by atoms with van der Waals surface area (Å²) in [4.78, 5) is 13.6. The van der Waals surface area contributed by atoms with Gasteiger partial charge in [-0.15, -0.1) is 0 Å². The summed E-state index contributed by atoms with van der Waals surface area (Å²) in [5, 5.41) is 0. The van der Waals surface area contributed by atoms with Gasteiger partial charge >= 0.3 is 0 Å². The van der Waals surface area contributed by atoms with E-state index in [9.17, 15) is 9.18 Å². The van der Waals surface area contributed by atoms with Crippen molar-refractivity contribution >= 4 is 21.8 Å². The van der Waals surface area contributed by atoms with Gasteiger partial charge in [-0.3, -0.25) is 4.79 Å². The molecule has 1 heterocycles. The van der Waals surface area contributed by atoms with Crippen LogP contribution in [0.2, 0.25) is 0 Å². The highest BCUT2D eigenvalue weighted by Gasteiger charge is 2.41. The molecule has 0 radical (unpaired) electrons. The van der Waals surface area contributed by atoms with Crippen LogP contribution in [-0.2, 0) is 4.79 Å². The van der Waals surface area contributed by atoms with Crippen LogP contribution in [0.1, 0.15) is 31.9 Å². The first-order chi connectivity index (χ1) is 8.41. The number of hydrogen-bond donors (Lipinski definition) is 1. The molecule has 18 heavy (non-hydrogen) atoms. The van der Waals surface area contributed by atoms with Crippen LogP contribution in [0, 0.1) is 5.82 Å². The largest absolute Gasteiger partial charge is 0.331 e. The number of rotatable bonds is 2. The summed E-state index contributed by atoms with van der Waals surface area (Å²) in [5.74, 6) is -0.333. The summed E-state index contributed by atoms with van der Waals surface area (Å²) in [6.07, 6.45) is 0.273. The topological polar surface area (TPSA) is 46.3 Å². The Kier molecular flexibility index (Phi) is 3.73. The van der Waals surface area contributed by atoms with E-state index in [1.807, 2.05) is 13.8 Å². The van der Waals surface area contributed by atoms with Crippen molar-refractivity contribution in [3.8, 4) is 0 Å². The van der Waals surface area contributed by atoms with Gasteiger partial charge in [0.2, 0.25) is 5.91 Å². The standard InChI is InChI=1S/C13H16BrFN2O/c1-7(2)17-12(18)6-11(16)13(17)9-5-8(14)3-4-10(9)15/h3-5,7,11,13H,6,16H2,1-2H3. The maximum Gasteiger partial charge on any atom is 0.225 e. The molecule has 1 aliphatic heterocycles. The minimum absolute atomic E-state index is 0.00873. The molecule has 2 atom stereocenters. The average molecular weight is 315 g/mol. The molecule has 2 rings (SSSR count). The van der Waals surface area contributed by atoms with Gasteiger partial charge in [0.15, 0.2) is 0 Å². The van der Waals surface area contributed by atoms with Crippen molar-refractivity contribution in [1.29, 1.82) is 0 Å². The molecule has 3 nitrogen and oxygen atoms in total. The van der Waals surface area contributed by atoms with Gasteiger partial charge in [0.25, 0.3) is 0 Å². The van der Waals surface area contributed by atoms with Crippen molar-refractivity contribution in [2.24, 2.45) is 5.73 Å². The molecule has 0 bridgehead atoms. The molecule has 1 aromatic rings. The van der Waals surface area contributed by atoms with Crippen LogP contribution in [0.5, 0.6) is 0 Å². The van der Waals surface area contributed by atoms with Crippen LogP contribution in [0.15, 0.2) is 22.7 Å². The van der Waals surface area contributed by atoms with Crippen LogP contribution in [-0.4, -0.2) is 22.9 Å². The van der Waals surface area contributed by atoms with Crippen molar-refractivity contribution in [3.05, 3.63) is 34.1 Å². The normalized spacial score (nSPS) is 24.1. The summed E-state index contributed by atoms with van der Waals surface area (Å²) >= 11 is 3.32. The van der Waals surface area contributed by atoms with Crippen LogP contribution < -0.4 is 5.73 Å². The van der Waals surface area contributed by atoms with Crippen molar-refractivity contribution in [3.63, 3.8) is 0 Å². The number of amides is 1. The average Bonchev–Trinajstić information content (AvgIpc) is 2.57. The Labute approximate surface area is 114 Å². The van der Waals surface area contributed by atoms with Crippen molar-refractivity contribution < 1.29 is 9.18 Å². The van der Waals surface area contributed by atoms with E-state index >= 15 is 0 Å². The monoisotopic (exact) mass is 314 g/mol. The summed E-state index contributed by atoms with van der Waals surface area (Å²) in [5.41, 5.74) is 6.49. The summed E-state index contributed by atoms with van der Waals surface area (Å²) in [7, 11) is 0. The molecule has 1 aromatic carbocycles. The summed E-state index contributed by atoms with van der Waals surface area (Å²) in [6.45, 7) is 3.83. The minimum atomic E-state index is -0.380. The van der Waals surface area contributed by atoms with Gasteiger partial charge in [-0.05, 0) is 32.0 Å². The lowest BCUT2D eigenvalue weighted by molar-refractivity contribution is -0.130. The number of carbonyl (C=O) groups excluding carboxylic acids is 1. The predicted molar refractivity (Wildman–Crippen MR) is 71.4 cm³/mol. The van der Waals surface area contributed by atoms with Gasteiger partial charge in [0, 0.05) is 28.5 Å².